The molecule has 0 amide bonds. The molecule has 0 aliphatic carbocycles. The van der Waals surface area contributed by atoms with Crippen LogP contribution in [0.3, 0.4) is 0 Å². The molecule has 0 aliphatic rings. The lowest BCUT2D eigenvalue weighted by molar-refractivity contribution is -0.105. The predicted molar refractivity (Wildman–Crippen MR) is 63.5 cm³/mol. The molecule has 0 saturated carbocycles. The Morgan fingerprint density at radius 3 is 2.88 bits per heavy atom. The number of allylic oxidation sites excluding steroid dienone is 1. The number of pyridine rings is 1. The monoisotopic (exact) mass is 221 g/mol. The van der Waals surface area contributed by atoms with E-state index in [4.69, 9.17) is 11.6 Å². The quantitative estimate of drug-likeness (QED) is 0.289. The molecule has 1 aromatic heterocycles. The number of carbonyl (C=O) groups excluding carboxylic acids is 1. The Balaban J connectivity index is 3.06. The Bertz CT molecular complexity index is 416. The number of aldehydes is 1. The number of hydrazine groups is 1. The summed E-state index contributed by atoms with van der Waals surface area (Å²) in [6.45, 7) is 1.82. The minimum Gasteiger partial charge on any atom is -0.395 e. The summed E-state index contributed by atoms with van der Waals surface area (Å²) in [5, 5.41) is 4.22. The second kappa shape index (κ2) is 5.13. The summed E-state index contributed by atoms with van der Waals surface area (Å²) in [5.74, 6) is 5.75. The highest BCUT2D eigenvalue weighted by Crippen LogP contribution is 2.20. The van der Waals surface area contributed by atoms with Crippen molar-refractivity contribution in [2.24, 2.45) is 11.6 Å². The van der Waals surface area contributed by atoms with E-state index in [0.717, 1.165) is 11.4 Å². The Hall–Kier alpha value is -2.08. The summed E-state index contributed by atoms with van der Waals surface area (Å²) in [4.78, 5) is 14.5. The lowest BCUT2D eigenvalue weighted by Gasteiger charge is -2.17. The molecule has 0 bridgehead atoms. The van der Waals surface area contributed by atoms with Crippen LogP contribution in [0.1, 0.15) is 5.69 Å². The van der Waals surface area contributed by atoms with Gasteiger partial charge in [0.25, 0.3) is 0 Å². The number of anilines is 2. The van der Waals surface area contributed by atoms with Crippen LogP contribution < -0.4 is 21.9 Å². The van der Waals surface area contributed by atoms with Crippen LogP contribution in [0.2, 0.25) is 0 Å². The fourth-order valence-corrected chi connectivity index (χ4v) is 1.18. The van der Waals surface area contributed by atoms with Crippen LogP contribution in [-0.4, -0.2) is 18.3 Å². The molecule has 0 spiro atoms. The van der Waals surface area contributed by atoms with Gasteiger partial charge in [-0.1, -0.05) is 0 Å². The molecule has 0 unspecified atom stereocenters. The van der Waals surface area contributed by atoms with E-state index in [-0.39, 0.29) is 5.70 Å². The summed E-state index contributed by atoms with van der Waals surface area (Å²) in [6, 6.07) is 1.82. The number of nitrogens with zero attached hydrogens (tertiary/aromatic N) is 2. The van der Waals surface area contributed by atoms with E-state index in [1.54, 1.807) is 13.2 Å². The van der Waals surface area contributed by atoms with E-state index in [2.05, 4.69) is 10.3 Å². The summed E-state index contributed by atoms with van der Waals surface area (Å²) < 4.78 is 0. The van der Waals surface area contributed by atoms with Crippen molar-refractivity contribution >= 4 is 17.7 Å². The van der Waals surface area contributed by atoms with Gasteiger partial charge in [-0.2, -0.15) is 0 Å². The summed E-state index contributed by atoms with van der Waals surface area (Å²) in [7, 11) is 1.78. The van der Waals surface area contributed by atoms with Gasteiger partial charge in [0.2, 0.25) is 0 Å². The summed E-state index contributed by atoms with van der Waals surface area (Å²) in [5.41, 5.74) is 7.67. The lowest BCUT2D eigenvalue weighted by atomic mass is 10.3. The normalized spacial score (nSPS) is 11.1. The average molecular weight is 221 g/mol. The van der Waals surface area contributed by atoms with Crippen molar-refractivity contribution in [3.63, 3.8) is 0 Å². The number of hydrogen-bond acceptors (Lipinski definition) is 6. The van der Waals surface area contributed by atoms with Gasteiger partial charge in [-0.3, -0.25) is 14.8 Å². The minimum absolute atomic E-state index is 0.0526. The zero-order chi connectivity index (χ0) is 12.1. The summed E-state index contributed by atoms with van der Waals surface area (Å²) >= 11 is 0. The Kier molecular flexibility index (Phi) is 3.84. The first-order valence-electron chi connectivity index (χ1n) is 4.69. The number of nitrogens with one attached hydrogen (secondary N) is 1. The molecular weight excluding hydrogens is 206 g/mol. The second-order valence-corrected chi connectivity index (χ2v) is 3.23. The third-order valence-corrected chi connectivity index (χ3v) is 2.05. The van der Waals surface area contributed by atoms with Crippen LogP contribution in [0.4, 0.5) is 11.4 Å². The van der Waals surface area contributed by atoms with E-state index < -0.39 is 0 Å². The van der Waals surface area contributed by atoms with Crippen LogP contribution in [0.5, 0.6) is 0 Å². The van der Waals surface area contributed by atoms with Crippen molar-refractivity contribution in [3.8, 4) is 0 Å². The zero-order valence-corrected chi connectivity index (χ0v) is 9.27. The lowest BCUT2D eigenvalue weighted by Crippen LogP contribution is -2.27. The van der Waals surface area contributed by atoms with Crippen LogP contribution >= 0.6 is 0 Å². The van der Waals surface area contributed by atoms with Gasteiger partial charge in [0, 0.05) is 13.2 Å². The highest BCUT2D eigenvalue weighted by atomic mass is 16.1. The molecule has 1 rings (SSSR count). The minimum atomic E-state index is 0.0526. The van der Waals surface area contributed by atoms with Crippen molar-refractivity contribution in [3.05, 3.63) is 29.9 Å². The molecule has 1 heterocycles. The molecule has 6 nitrogen and oxygen atoms in total. The molecule has 0 aliphatic heterocycles. The van der Waals surface area contributed by atoms with Crippen molar-refractivity contribution < 1.29 is 4.79 Å². The Labute approximate surface area is 93.9 Å². The van der Waals surface area contributed by atoms with Gasteiger partial charge in [0.1, 0.15) is 0 Å². The van der Waals surface area contributed by atoms with Crippen LogP contribution in [0, 0.1) is 6.92 Å². The summed E-state index contributed by atoms with van der Waals surface area (Å²) in [6.07, 6.45) is 3.57. The Morgan fingerprint density at radius 1 is 1.62 bits per heavy atom. The van der Waals surface area contributed by atoms with E-state index in [9.17, 15) is 4.79 Å². The Morgan fingerprint density at radius 2 is 2.31 bits per heavy atom. The molecule has 6 heteroatoms. The molecule has 5 N–H and O–H groups in total. The van der Waals surface area contributed by atoms with Crippen LogP contribution in [0.25, 0.3) is 0 Å². The fraction of sp³-hybridized carbons (Fsp3) is 0.200. The highest BCUT2D eigenvalue weighted by molar-refractivity contribution is 5.73. The first kappa shape index (κ1) is 12.0. The van der Waals surface area contributed by atoms with Crippen LogP contribution in [0.15, 0.2) is 24.2 Å². The van der Waals surface area contributed by atoms with Gasteiger partial charge in [-0.25, -0.2) is 5.84 Å². The van der Waals surface area contributed by atoms with Gasteiger partial charge in [-0.15, -0.1) is 0 Å². The predicted octanol–water partition coefficient (Wildman–Crippen LogP) is 0.111. The van der Waals surface area contributed by atoms with Gasteiger partial charge < -0.3 is 11.1 Å². The highest BCUT2D eigenvalue weighted by Gasteiger charge is 2.05. The number of aryl methyl sites for hydroxylation is 1. The number of carbonyl (C=O) groups is 1. The van der Waals surface area contributed by atoms with Crippen LogP contribution in [-0.2, 0) is 4.79 Å². The third kappa shape index (κ3) is 2.71. The molecular formula is C10H15N5O. The SMILES string of the molecule is CNc1cnc(C)c(N(N)/C=C(\N)C=O)c1. The van der Waals surface area contributed by atoms with Crippen molar-refractivity contribution in [2.45, 2.75) is 6.92 Å². The van der Waals surface area contributed by atoms with E-state index >= 15 is 0 Å². The van der Waals surface area contributed by atoms with Gasteiger partial charge in [-0.05, 0) is 13.0 Å². The zero-order valence-electron chi connectivity index (χ0n) is 9.27. The van der Waals surface area contributed by atoms with Gasteiger partial charge >= 0.3 is 0 Å². The van der Waals surface area contributed by atoms with Crippen molar-refractivity contribution in [2.75, 3.05) is 17.4 Å². The molecule has 0 fully saturated rings. The maximum Gasteiger partial charge on any atom is 0.167 e. The van der Waals surface area contributed by atoms with E-state index in [1.807, 2.05) is 13.0 Å². The first-order chi connectivity index (χ1) is 7.58. The standard InChI is InChI=1S/C10H15N5O/c1-7-10(3-9(13-2)4-14-7)15(12)5-8(11)6-16/h3-6,13H,11-12H2,1-2H3/b8-5-. The number of nitrogens with two attached hydrogens (primary N) is 2. The maximum absolute atomic E-state index is 10.4. The maximum atomic E-state index is 10.4. The van der Waals surface area contributed by atoms with Crippen molar-refractivity contribution in [1.29, 1.82) is 0 Å². The second-order valence-electron chi connectivity index (χ2n) is 3.23. The number of aromatic nitrogens is 1. The first-order valence-corrected chi connectivity index (χ1v) is 4.69. The molecule has 86 valence electrons. The molecule has 0 radical (unpaired) electrons. The largest absolute Gasteiger partial charge is 0.395 e. The van der Waals surface area contributed by atoms with E-state index in [1.165, 1.54) is 11.2 Å². The van der Waals surface area contributed by atoms with E-state index in [0.29, 0.717) is 12.0 Å². The fourth-order valence-electron chi connectivity index (χ4n) is 1.18. The third-order valence-electron chi connectivity index (χ3n) is 2.05. The number of rotatable bonds is 4. The molecule has 0 aromatic carbocycles. The smallest absolute Gasteiger partial charge is 0.167 e. The molecule has 0 saturated heterocycles. The molecule has 16 heavy (non-hydrogen) atoms. The van der Waals surface area contributed by atoms with Crippen molar-refractivity contribution in [1.82, 2.24) is 4.98 Å². The van der Waals surface area contributed by atoms with Gasteiger partial charge in [0.05, 0.1) is 29.0 Å². The topological polar surface area (TPSA) is 97.3 Å². The molecule has 0 atom stereocenters. The number of hydrogen-bond donors (Lipinski definition) is 3. The average Bonchev–Trinajstić information content (AvgIpc) is 2.29. The van der Waals surface area contributed by atoms with Gasteiger partial charge in [0.15, 0.2) is 6.29 Å². The molecule has 1 aromatic rings.